The van der Waals surface area contributed by atoms with Gasteiger partial charge in [-0.15, -0.1) is 5.10 Å². The number of ether oxygens (including phenoxy) is 2. The Hall–Kier alpha value is -2.33. The largest absolute Gasteiger partial charge is 0.482 e. The lowest BCUT2D eigenvalue weighted by Gasteiger charge is -2.19. The summed E-state index contributed by atoms with van der Waals surface area (Å²) >= 11 is 5.63. The summed E-state index contributed by atoms with van der Waals surface area (Å²) in [6.45, 7) is -0.0294. The Bertz CT molecular complexity index is 612. The van der Waals surface area contributed by atoms with E-state index in [1.807, 2.05) is 0 Å². The molecule has 0 bridgehead atoms. The van der Waals surface area contributed by atoms with Crippen molar-refractivity contribution in [1.82, 2.24) is 9.78 Å². The molecule has 0 spiro atoms. The van der Waals surface area contributed by atoms with Gasteiger partial charge in [-0.3, -0.25) is 14.8 Å². The second-order valence-corrected chi connectivity index (χ2v) is 4.50. The van der Waals surface area contributed by atoms with Crippen molar-refractivity contribution in [3.63, 3.8) is 0 Å². The molecule has 1 rings (SSSR count). The van der Waals surface area contributed by atoms with Gasteiger partial charge in [-0.05, 0) is 6.08 Å². The SMILES string of the molecule is COCC(C(/C=C(\N)Cl)=C(/N)OC)n1cc([N+](=O)[O-])c(F)n1. The first kappa shape index (κ1) is 17.7. The van der Waals surface area contributed by atoms with Gasteiger partial charge in [-0.2, -0.15) is 4.39 Å². The molecule has 122 valence electrons. The Balaban J connectivity index is 3.41. The number of nitrogens with zero attached hydrogens (tertiary/aromatic N) is 3. The Morgan fingerprint density at radius 3 is 2.68 bits per heavy atom. The number of aromatic nitrogens is 2. The third kappa shape index (κ3) is 4.09. The summed E-state index contributed by atoms with van der Waals surface area (Å²) in [7, 11) is 2.69. The Labute approximate surface area is 130 Å². The van der Waals surface area contributed by atoms with E-state index in [2.05, 4.69) is 5.10 Å². The minimum absolute atomic E-state index is 0.0294. The summed E-state index contributed by atoms with van der Waals surface area (Å²) in [5.41, 5.74) is 10.6. The normalized spacial score (nSPS) is 14.5. The predicted octanol–water partition coefficient (Wildman–Crippen LogP) is 0.974. The number of hydrogen-bond acceptors (Lipinski definition) is 7. The minimum Gasteiger partial charge on any atom is -0.482 e. The fraction of sp³-hybridized carbons (Fsp3) is 0.364. The van der Waals surface area contributed by atoms with Crippen LogP contribution < -0.4 is 11.5 Å². The highest BCUT2D eigenvalue weighted by Crippen LogP contribution is 2.25. The van der Waals surface area contributed by atoms with Gasteiger partial charge in [0.2, 0.25) is 0 Å². The van der Waals surface area contributed by atoms with Crippen molar-refractivity contribution >= 4 is 17.3 Å². The van der Waals surface area contributed by atoms with Crippen LogP contribution in [0.25, 0.3) is 0 Å². The zero-order valence-corrected chi connectivity index (χ0v) is 12.6. The molecule has 0 aliphatic carbocycles. The smallest absolute Gasteiger partial charge is 0.343 e. The maximum Gasteiger partial charge on any atom is 0.343 e. The topological polar surface area (TPSA) is 131 Å². The number of hydrogen-bond donors (Lipinski definition) is 2. The fourth-order valence-electron chi connectivity index (χ4n) is 1.71. The van der Waals surface area contributed by atoms with Gasteiger partial charge in [0.15, 0.2) is 5.88 Å². The molecule has 0 aliphatic rings. The minimum atomic E-state index is -1.23. The molecule has 0 aliphatic heterocycles. The molecule has 0 amide bonds. The fourth-order valence-corrected chi connectivity index (χ4v) is 1.82. The van der Waals surface area contributed by atoms with E-state index >= 15 is 0 Å². The highest BCUT2D eigenvalue weighted by Gasteiger charge is 2.26. The first-order chi connectivity index (χ1) is 10.3. The van der Waals surface area contributed by atoms with Gasteiger partial charge in [0.25, 0.3) is 0 Å². The van der Waals surface area contributed by atoms with E-state index in [4.69, 9.17) is 32.5 Å². The van der Waals surface area contributed by atoms with Crippen LogP contribution in [0.15, 0.2) is 28.9 Å². The Morgan fingerprint density at radius 1 is 1.64 bits per heavy atom. The van der Waals surface area contributed by atoms with Crippen molar-refractivity contribution in [3.05, 3.63) is 44.9 Å². The third-order valence-corrected chi connectivity index (χ3v) is 2.78. The van der Waals surface area contributed by atoms with E-state index < -0.39 is 22.6 Å². The van der Waals surface area contributed by atoms with E-state index in [-0.39, 0.29) is 23.2 Å². The molecule has 0 radical (unpaired) electrons. The summed E-state index contributed by atoms with van der Waals surface area (Å²) in [6.07, 6.45) is 2.19. The number of methoxy groups -OCH3 is 2. The molecule has 0 aromatic carbocycles. The van der Waals surface area contributed by atoms with E-state index in [9.17, 15) is 14.5 Å². The molecule has 4 N–H and O–H groups in total. The maximum atomic E-state index is 13.5. The highest BCUT2D eigenvalue weighted by atomic mass is 35.5. The van der Waals surface area contributed by atoms with Crippen molar-refractivity contribution in [1.29, 1.82) is 0 Å². The van der Waals surface area contributed by atoms with Crippen LogP contribution in [-0.4, -0.2) is 35.5 Å². The number of nitro groups is 1. The van der Waals surface area contributed by atoms with Gasteiger partial charge in [-0.25, -0.2) is 0 Å². The van der Waals surface area contributed by atoms with Gasteiger partial charge in [-0.1, -0.05) is 11.6 Å². The molecule has 22 heavy (non-hydrogen) atoms. The zero-order chi connectivity index (χ0) is 16.9. The third-order valence-electron chi connectivity index (χ3n) is 2.67. The van der Waals surface area contributed by atoms with Crippen LogP contribution in [-0.2, 0) is 9.47 Å². The number of allylic oxidation sites excluding steroid dienone is 1. The molecule has 11 heteroatoms. The number of rotatable bonds is 7. The lowest BCUT2D eigenvalue weighted by molar-refractivity contribution is -0.387. The molecule has 0 saturated heterocycles. The van der Waals surface area contributed by atoms with E-state index in [0.717, 1.165) is 10.9 Å². The maximum absolute atomic E-state index is 13.5. The number of halogens is 2. The molecule has 0 saturated carbocycles. The molecular weight excluding hydrogens is 321 g/mol. The van der Waals surface area contributed by atoms with E-state index in [0.29, 0.717) is 0 Å². The summed E-state index contributed by atoms with van der Waals surface area (Å²) in [5.74, 6) is -1.30. The van der Waals surface area contributed by atoms with Crippen molar-refractivity contribution in [3.8, 4) is 0 Å². The summed E-state index contributed by atoms with van der Waals surface area (Å²) in [6, 6.07) is -0.828. The van der Waals surface area contributed by atoms with Crippen LogP contribution in [0, 0.1) is 16.1 Å². The van der Waals surface area contributed by atoms with Gasteiger partial charge >= 0.3 is 11.6 Å². The lowest BCUT2D eigenvalue weighted by Crippen LogP contribution is -2.21. The van der Waals surface area contributed by atoms with Crippen molar-refractivity contribution in [2.24, 2.45) is 11.5 Å². The first-order valence-electron chi connectivity index (χ1n) is 5.86. The standard InChI is InChI=1S/C11H15ClFN5O4/c1-21-5-8(6(3-9(12)14)11(15)22-2)17-4-7(18(19)20)10(13)16-17/h3-4,8H,5,14-15H2,1-2H3/b9-3-,11-6-. The molecule has 1 aromatic heterocycles. The molecule has 1 unspecified atom stereocenters. The summed E-state index contributed by atoms with van der Waals surface area (Å²) in [5, 5.41) is 14.1. The van der Waals surface area contributed by atoms with Crippen molar-refractivity contribution in [2.45, 2.75) is 6.04 Å². The van der Waals surface area contributed by atoms with Crippen molar-refractivity contribution < 1.29 is 18.8 Å². The Morgan fingerprint density at radius 2 is 2.27 bits per heavy atom. The zero-order valence-electron chi connectivity index (χ0n) is 11.8. The van der Waals surface area contributed by atoms with Crippen LogP contribution >= 0.6 is 11.6 Å². The quantitative estimate of drug-likeness (QED) is 0.249. The second-order valence-electron chi connectivity index (χ2n) is 4.07. The monoisotopic (exact) mass is 335 g/mol. The van der Waals surface area contributed by atoms with E-state index in [1.54, 1.807) is 0 Å². The molecular formula is C11H15ClFN5O4. The average molecular weight is 336 g/mol. The Kier molecular flexibility index (Phi) is 6.13. The van der Waals surface area contributed by atoms with Gasteiger partial charge in [0, 0.05) is 12.7 Å². The molecule has 0 fully saturated rings. The second kappa shape index (κ2) is 7.61. The molecule has 1 atom stereocenters. The van der Waals surface area contributed by atoms with Crippen LogP contribution in [0.2, 0.25) is 0 Å². The van der Waals surface area contributed by atoms with Crippen LogP contribution in [0.1, 0.15) is 6.04 Å². The molecule has 9 nitrogen and oxygen atoms in total. The highest BCUT2D eigenvalue weighted by molar-refractivity contribution is 6.29. The van der Waals surface area contributed by atoms with Crippen LogP contribution in [0.3, 0.4) is 0 Å². The molecule has 1 heterocycles. The van der Waals surface area contributed by atoms with Gasteiger partial charge in [0.05, 0.1) is 23.8 Å². The lowest BCUT2D eigenvalue weighted by atomic mass is 10.1. The average Bonchev–Trinajstić information content (AvgIpc) is 2.83. The summed E-state index contributed by atoms with van der Waals surface area (Å²) in [4.78, 5) is 9.83. The van der Waals surface area contributed by atoms with Crippen LogP contribution in [0.4, 0.5) is 10.1 Å². The van der Waals surface area contributed by atoms with E-state index in [1.165, 1.54) is 20.3 Å². The van der Waals surface area contributed by atoms with Gasteiger partial charge in [0.1, 0.15) is 12.2 Å². The van der Waals surface area contributed by atoms with Crippen molar-refractivity contribution in [2.75, 3.05) is 20.8 Å². The first-order valence-corrected chi connectivity index (χ1v) is 6.23. The summed E-state index contributed by atoms with van der Waals surface area (Å²) < 4.78 is 24.4. The predicted molar refractivity (Wildman–Crippen MR) is 76.1 cm³/mol. The van der Waals surface area contributed by atoms with Gasteiger partial charge < -0.3 is 20.9 Å². The number of nitrogens with two attached hydrogens (primary N) is 2. The van der Waals surface area contributed by atoms with Crippen LogP contribution in [0.5, 0.6) is 0 Å². The molecule has 1 aromatic rings.